The van der Waals surface area contributed by atoms with Gasteiger partial charge in [-0.15, -0.1) is 0 Å². The van der Waals surface area contributed by atoms with Gasteiger partial charge < -0.3 is 5.32 Å². The van der Waals surface area contributed by atoms with Gasteiger partial charge in [-0.2, -0.15) is 0 Å². The highest BCUT2D eigenvalue weighted by atomic mass is 32.2. The highest BCUT2D eigenvalue weighted by Gasteiger charge is 2.28. The Morgan fingerprint density at radius 2 is 2.31 bits per heavy atom. The summed E-state index contributed by atoms with van der Waals surface area (Å²) in [6, 6.07) is -0.229. The Balaban J connectivity index is 2.39. The predicted molar refractivity (Wildman–Crippen MR) is 67.3 cm³/mol. The molecule has 0 radical (unpaired) electrons. The van der Waals surface area contributed by atoms with E-state index in [1.807, 2.05) is 6.92 Å². The number of hydrogen-bond acceptors (Lipinski definition) is 3. The van der Waals surface area contributed by atoms with Crippen LogP contribution >= 0.6 is 11.8 Å². The van der Waals surface area contributed by atoms with E-state index in [1.54, 1.807) is 0 Å². The molecule has 0 aromatic carbocycles. The number of carbonyl (C=O) groups excluding carboxylic acids is 2. The van der Waals surface area contributed by atoms with Gasteiger partial charge in [0.1, 0.15) is 0 Å². The third-order valence-corrected chi connectivity index (χ3v) is 4.03. The van der Waals surface area contributed by atoms with Crippen LogP contribution in [0.2, 0.25) is 0 Å². The second kappa shape index (κ2) is 6.94. The number of rotatable bonds is 6. The minimum Gasteiger partial charge on any atom is -0.345 e. The van der Waals surface area contributed by atoms with E-state index in [0.29, 0.717) is 0 Å². The lowest BCUT2D eigenvalue weighted by Crippen LogP contribution is -2.40. The first-order valence-electron chi connectivity index (χ1n) is 6.16. The first-order valence-corrected chi connectivity index (χ1v) is 7.14. The fraction of sp³-hybridized carbons (Fsp3) is 0.833. The highest BCUT2D eigenvalue weighted by Crippen LogP contribution is 2.21. The molecule has 1 amide bonds. The molecular formula is C12H21NO2S. The minimum atomic E-state index is -0.229. The zero-order valence-electron chi connectivity index (χ0n) is 10.1. The van der Waals surface area contributed by atoms with Crippen molar-refractivity contribution in [3.05, 3.63) is 0 Å². The van der Waals surface area contributed by atoms with Crippen molar-refractivity contribution < 1.29 is 9.59 Å². The Labute approximate surface area is 102 Å². The molecule has 1 aliphatic heterocycles. The molecule has 0 aromatic heterocycles. The third kappa shape index (κ3) is 3.81. The van der Waals surface area contributed by atoms with E-state index >= 15 is 0 Å². The van der Waals surface area contributed by atoms with Crippen LogP contribution in [0.25, 0.3) is 0 Å². The third-order valence-electron chi connectivity index (χ3n) is 3.02. The quantitative estimate of drug-likeness (QED) is 0.779. The molecule has 3 nitrogen and oxygen atoms in total. The molecule has 2 atom stereocenters. The number of hydrogen-bond donors (Lipinski definition) is 1. The molecule has 1 aliphatic rings. The molecule has 16 heavy (non-hydrogen) atoms. The van der Waals surface area contributed by atoms with E-state index in [-0.39, 0.29) is 23.0 Å². The van der Waals surface area contributed by atoms with Crippen LogP contribution in [-0.4, -0.2) is 22.8 Å². The van der Waals surface area contributed by atoms with Crippen molar-refractivity contribution in [1.29, 1.82) is 0 Å². The highest BCUT2D eigenvalue weighted by molar-refractivity contribution is 8.14. The molecular weight excluding hydrogens is 222 g/mol. The molecule has 1 heterocycles. The Kier molecular flexibility index (Phi) is 5.88. The average Bonchev–Trinajstić information content (AvgIpc) is 2.65. The van der Waals surface area contributed by atoms with Crippen LogP contribution in [0.3, 0.4) is 0 Å². The van der Waals surface area contributed by atoms with Gasteiger partial charge >= 0.3 is 0 Å². The van der Waals surface area contributed by atoms with E-state index in [1.165, 1.54) is 11.8 Å². The molecule has 0 spiro atoms. The largest absolute Gasteiger partial charge is 0.345 e. The van der Waals surface area contributed by atoms with Crippen molar-refractivity contribution >= 4 is 22.8 Å². The SMILES string of the molecule is CCCCC(CC)C(=O)NC1CCSC1=O. The number of thioether (sulfide) groups is 1. The molecule has 0 aromatic rings. The Bertz CT molecular complexity index is 255. The summed E-state index contributed by atoms with van der Waals surface area (Å²) >= 11 is 1.33. The Morgan fingerprint density at radius 3 is 2.81 bits per heavy atom. The van der Waals surface area contributed by atoms with Crippen LogP contribution in [0.5, 0.6) is 0 Å². The van der Waals surface area contributed by atoms with E-state index in [0.717, 1.165) is 37.9 Å². The molecule has 92 valence electrons. The van der Waals surface area contributed by atoms with Gasteiger partial charge in [0.15, 0.2) is 0 Å². The van der Waals surface area contributed by atoms with E-state index in [4.69, 9.17) is 0 Å². The molecule has 1 N–H and O–H groups in total. The van der Waals surface area contributed by atoms with E-state index < -0.39 is 0 Å². The van der Waals surface area contributed by atoms with E-state index in [9.17, 15) is 9.59 Å². The maximum absolute atomic E-state index is 11.9. The van der Waals surface area contributed by atoms with Gasteiger partial charge in [-0.1, -0.05) is 38.5 Å². The smallest absolute Gasteiger partial charge is 0.223 e. The Hall–Kier alpha value is -0.510. The first-order chi connectivity index (χ1) is 7.69. The summed E-state index contributed by atoms with van der Waals surface area (Å²) in [6.07, 6.45) is 4.79. The normalized spacial score (nSPS) is 22.1. The summed E-state index contributed by atoms with van der Waals surface area (Å²) < 4.78 is 0. The summed E-state index contributed by atoms with van der Waals surface area (Å²) in [7, 11) is 0. The molecule has 1 fully saturated rings. The van der Waals surface area contributed by atoms with Crippen LogP contribution in [-0.2, 0) is 9.59 Å². The van der Waals surface area contributed by atoms with Gasteiger partial charge in [0.25, 0.3) is 0 Å². The fourth-order valence-corrected chi connectivity index (χ4v) is 2.82. The van der Waals surface area contributed by atoms with Crippen LogP contribution in [0, 0.1) is 5.92 Å². The lowest BCUT2D eigenvalue weighted by molar-refractivity contribution is -0.128. The number of amides is 1. The summed E-state index contributed by atoms with van der Waals surface area (Å²) in [4.78, 5) is 23.3. The van der Waals surface area contributed by atoms with E-state index in [2.05, 4.69) is 12.2 Å². The van der Waals surface area contributed by atoms with Crippen LogP contribution in [0.1, 0.15) is 46.0 Å². The van der Waals surface area contributed by atoms with Gasteiger partial charge in [-0.3, -0.25) is 9.59 Å². The van der Waals surface area contributed by atoms with Crippen LogP contribution in [0.4, 0.5) is 0 Å². The summed E-state index contributed by atoms with van der Waals surface area (Å²) in [5.41, 5.74) is 0. The van der Waals surface area contributed by atoms with Crippen molar-refractivity contribution in [2.45, 2.75) is 52.0 Å². The second-order valence-electron chi connectivity index (χ2n) is 4.26. The lowest BCUT2D eigenvalue weighted by atomic mass is 9.98. The molecule has 2 unspecified atom stereocenters. The molecule has 4 heteroatoms. The number of carbonyl (C=O) groups is 2. The minimum absolute atomic E-state index is 0.0665. The van der Waals surface area contributed by atoms with Crippen molar-refractivity contribution in [2.24, 2.45) is 5.92 Å². The molecule has 1 saturated heterocycles. The maximum Gasteiger partial charge on any atom is 0.223 e. The van der Waals surface area contributed by atoms with Crippen LogP contribution in [0.15, 0.2) is 0 Å². The number of nitrogens with one attached hydrogen (secondary N) is 1. The van der Waals surface area contributed by atoms with Crippen molar-refractivity contribution in [3.8, 4) is 0 Å². The zero-order chi connectivity index (χ0) is 12.0. The van der Waals surface area contributed by atoms with Crippen molar-refractivity contribution in [3.63, 3.8) is 0 Å². The van der Waals surface area contributed by atoms with Crippen LogP contribution < -0.4 is 5.32 Å². The van der Waals surface area contributed by atoms with Gasteiger partial charge in [-0.25, -0.2) is 0 Å². The monoisotopic (exact) mass is 243 g/mol. The molecule has 1 rings (SSSR count). The standard InChI is InChI=1S/C12H21NO2S/c1-3-5-6-9(4-2)11(14)13-10-7-8-16-12(10)15/h9-10H,3-8H2,1-2H3,(H,13,14). The zero-order valence-corrected chi connectivity index (χ0v) is 10.9. The number of unbranched alkanes of at least 4 members (excludes halogenated alkanes) is 1. The van der Waals surface area contributed by atoms with Crippen molar-refractivity contribution in [2.75, 3.05) is 5.75 Å². The average molecular weight is 243 g/mol. The summed E-state index contributed by atoms with van der Waals surface area (Å²) in [6.45, 7) is 4.16. The Morgan fingerprint density at radius 1 is 1.56 bits per heavy atom. The van der Waals surface area contributed by atoms with Crippen molar-refractivity contribution in [1.82, 2.24) is 5.32 Å². The predicted octanol–water partition coefficient (Wildman–Crippen LogP) is 2.35. The molecule has 0 aliphatic carbocycles. The first kappa shape index (κ1) is 13.6. The molecule has 0 bridgehead atoms. The van der Waals surface area contributed by atoms with Gasteiger partial charge in [-0.05, 0) is 19.3 Å². The van der Waals surface area contributed by atoms with Gasteiger partial charge in [0.2, 0.25) is 11.0 Å². The fourth-order valence-electron chi connectivity index (χ4n) is 1.89. The second-order valence-corrected chi connectivity index (χ2v) is 5.36. The van der Waals surface area contributed by atoms with Gasteiger partial charge in [0.05, 0.1) is 6.04 Å². The molecule has 0 saturated carbocycles. The maximum atomic E-state index is 11.9. The van der Waals surface area contributed by atoms with Gasteiger partial charge in [0, 0.05) is 11.7 Å². The topological polar surface area (TPSA) is 46.2 Å². The lowest BCUT2D eigenvalue weighted by Gasteiger charge is -2.17. The summed E-state index contributed by atoms with van der Waals surface area (Å²) in [5.74, 6) is 0.991. The summed E-state index contributed by atoms with van der Waals surface area (Å²) in [5, 5.41) is 3.00.